The Morgan fingerprint density at radius 3 is 1.96 bits per heavy atom. The van der Waals surface area contributed by atoms with E-state index in [0.717, 1.165) is 24.0 Å². The van der Waals surface area contributed by atoms with Gasteiger partial charge in [-0.1, -0.05) is 66.0 Å². The van der Waals surface area contributed by atoms with E-state index >= 15 is 0 Å². The fourth-order valence-corrected chi connectivity index (χ4v) is 2.89. The van der Waals surface area contributed by atoms with Crippen LogP contribution in [-0.2, 0) is 0 Å². The van der Waals surface area contributed by atoms with Crippen molar-refractivity contribution in [3.63, 3.8) is 0 Å². The minimum atomic E-state index is -1.38. The maximum absolute atomic E-state index is 14.4. The summed E-state index contributed by atoms with van der Waals surface area (Å²) in [5.41, 5.74) is 2.44. The van der Waals surface area contributed by atoms with Crippen LogP contribution in [0.5, 0.6) is 0 Å². The van der Waals surface area contributed by atoms with Gasteiger partial charge in [0.15, 0.2) is 0 Å². The fraction of sp³-hybridized carbons (Fsp3) is 0.583. The van der Waals surface area contributed by atoms with Crippen LogP contribution in [0.15, 0.2) is 59.8 Å². The first-order valence-electron chi connectivity index (χ1n) is 9.64. The van der Waals surface area contributed by atoms with Crippen molar-refractivity contribution < 1.29 is 4.39 Å². The van der Waals surface area contributed by atoms with Gasteiger partial charge in [0.2, 0.25) is 0 Å². The van der Waals surface area contributed by atoms with Gasteiger partial charge < -0.3 is 0 Å². The largest absolute Gasteiger partial charge is 0.239 e. The first-order valence-corrected chi connectivity index (χ1v) is 9.64. The van der Waals surface area contributed by atoms with Crippen molar-refractivity contribution >= 4 is 0 Å². The monoisotopic (exact) mass is 346 g/mol. The second-order valence-corrected chi connectivity index (χ2v) is 7.74. The number of alkyl halides is 1. The van der Waals surface area contributed by atoms with Crippen molar-refractivity contribution in [3.05, 3.63) is 59.8 Å². The summed E-state index contributed by atoms with van der Waals surface area (Å²) in [6.07, 6.45) is 10.0. The first-order chi connectivity index (χ1) is 11.5. The molecule has 0 saturated carbocycles. The molecule has 0 fully saturated rings. The van der Waals surface area contributed by atoms with Crippen molar-refractivity contribution in [1.82, 2.24) is 0 Å². The number of halogens is 1. The Labute approximate surface area is 156 Å². The molecule has 0 aromatic heterocycles. The van der Waals surface area contributed by atoms with Crippen LogP contribution in [0.2, 0.25) is 0 Å². The van der Waals surface area contributed by atoms with Gasteiger partial charge in [0, 0.05) is 0 Å². The maximum atomic E-state index is 14.4. The zero-order chi connectivity index (χ0) is 19.8. The Balaban J connectivity index is 6.09. The van der Waals surface area contributed by atoms with Crippen molar-refractivity contribution in [3.8, 4) is 0 Å². The molecule has 0 aliphatic carbocycles. The summed E-state index contributed by atoms with van der Waals surface area (Å²) in [5.74, 6) is 1.51. The van der Waals surface area contributed by atoms with Crippen molar-refractivity contribution in [2.75, 3.05) is 0 Å². The summed E-state index contributed by atoms with van der Waals surface area (Å²) in [6.45, 7) is 24.5. The molecule has 0 aromatic carbocycles. The van der Waals surface area contributed by atoms with E-state index in [2.05, 4.69) is 53.9 Å². The number of hydrogen-bond donors (Lipinski definition) is 0. The smallest absolute Gasteiger partial charge is 0.130 e. The lowest BCUT2D eigenvalue weighted by Crippen LogP contribution is -2.15. The zero-order valence-corrected chi connectivity index (χ0v) is 17.7. The molecule has 1 atom stereocenters. The normalized spacial score (nSPS) is 15.7. The number of hydrogen-bond acceptors (Lipinski definition) is 0. The van der Waals surface area contributed by atoms with Crippen LogP contribution in [0.1, 0.15) is 68.2 Å². The van der Waals surface area contributed by atoms with Crippen molar-refractivity contribution in [2.45, 2.75) is 73.9 Å². The summed E-state index contributed by atoms with van der Waals surface area (Å²) < 4.78 is 14.4. The van der Waals surface area contributed by atoms with Gasteiger partial charge in [-0.2, -0.15) is 0 Å². The van der Waals surface area contributed by atoms with Gasteiger partial charge in [0.25, 0.3) is 0 Å². The Morgan fingerprint density at radius 1 is 1.12 bits per heavy atom. The standard InChI is InChI=1S/C24H39F/c1-11-20(12-2)23(15-18(7)17(5)6)19(8)21(13-3)16-22(14-4)24(9,10)25/h13-18,20H,3,8,11-12H2,1-2,4-7,9-10H3/b21-16+,22-14+,23-15-. The van der Waals surface area contributed by atoms with E-state index in [1.54, 1.807) is 19.9 Å². The third kappa shape index (κ3) is 7.18. The molecule has 0 nitrogen and oxygen atoms in total. The summed E-state index contributed by atoms with van der Waals surface area (Å²) >= 11 is 0. The van der Waals surface area contributed by atoms with Crippen LogP contribution >= 0.6 is 0 Å². The average molecular weight is 347 g/mol. The molecule has 0 amide bonds. The Kier molecular flexibility index (Phi) is 10.0. The molecule has 0 N–H and O–H groups in total. The van der Waals surface area contributed by atoms with Gasteiger partial charge >= 0.3 is 0 Å². The highest BCUT2D eigenvalue weighted by Gasteiger charge is 2.22. The molecule has 1 unspecified atom stereocenters. The van der Waals surface area contributed by atoms with Crippen molar-refractivity contribution in [2.24, 2.45) is 17.8 Å². The SMILES string of the molecule is C=C/C(=C\C(=C/C)C(C)(C)F)C(=C)/C(=C/C(C)C(C)C)C(CC)CC. The maximum Gasteiger partial charge on any atom is 0.130 e. The predicted molar refractivity (Wildman–Crippen MR) is 113 cm³/mol. The highest BCUT2D eigenvalue weighted by atomic mass is 19.1. The van der Waals surface area contributed by atoms with Crippen LogP contribution in [0, 0.1) is 17.8 Å². The van der Waals surface area contributed by atoms with E-state index in [9.17, 15) is 4.39 Å². The van der Waals surface area contributed by atoms with E-state index in [-0.39, 0.29) is 0 Å². The Morgan fingerprint density at radius 2 is 1.64 bits per heavy atom. The average Bonchev–Trinajstić information content (AvgIpc) is 2.53. The van der Waals surface area contributed by atoms with E-state index in [1.807, 2.05) is 19.1 Å². The molecule has 0 radical (unpaired) electrons. The quantitative estimate of drug-likeness (QED) is 0.351. The van der Waals surface area contributed by atoms with Gasteiger partial charge in [-0.05, 0) is 79.7 Å². The summed E-state index contributed by atoms with van der Waals surface area (Å²) in [7, 11) is 0. The molecule has 0 aliphatic rings. The van der Waals surface area contributed by atoms with Gasteiger partial charge in [-0.15, -0.1) is 0 Å². The molecule has 1 heteroatoms. The highest BCUT2D eigenvalue weighted by molar-refractivity contribution is 5.54. The topological polar surface area (TPSA) is 0 Å². The van der Waals surface area contributed by atoms with E-state index in [4.69, 9.17) is 0 Å². The van der Waals surface area contributed by atoms with Crippen LogP contribution in [0.25, 0.3) is 0 Å². The lowest BCUT2D eigenvalue weighted by Gasteiger charge is -2.24. The zero-order valence-electron chi connectivity index (χ0n) is 17.7. The second kappa shape index (κ2) is 10.6. The molecular formula is C24H39F. The minimum Gasteiger partial charge on any atom is -0.239 e. The predicted octanol–water partition coefficient (Wildman–Crippen LogP) is 8.00. The molecule has 0 rings (SSSR count). The van der Waals surface area contributed by atoms with Crippen LogP contribution in [0.4, 0.5) is 4.39 Å². The van der Waals surface area contributed by atoms with Crippen molar-refractivity contribution in [1.29, 1.82) is 0 Å². The number of rotatable bonds is 10. The molecule has 142 valence electrons. The number of allylic oxidation sites excluding steroid dienone is 8. The first kappa shape index (κ1) is 23.6. The summed E-state index contributed by atoms with van der Waals surface area (Å²) in [6, 6.07) is 0. The molecule has 0 aliphatic heterocycles. The summed E-state index contributed by atoms with van der Waals surface area (Å²) in [4.78, 5) is 0. The molecule has 0 aromatic rings. The Bertz CT molecular complexity index is 531. The van der Waals surface area contributed by atoms with Crippen LogP contribution < -0.4 is 0 Å². The lowest BCUT2D eigenvalue weighted by atomic mass is 9.81. The molecular weight excluding hydrogens is 307 g/mol. The molecule has 0 heterocycles. The van der Waals surface area contributed by atoms with Gasteiger partial charge in [0.05, 0.1) is 0 Å². The highest BCUT2D eigenvalue weighted by Crippen LogP contribution is 2.33. The third-order valence-electron chi connectivity index (χ3n) is 5.14. The fourth-order valence-electron chi connectivity index (χ4n) is 2.89. The van der Waals surface area contributed by atoms with E-state index in [0.29, 0.717) is 23.3 Å². The third-order valence-corrected chi connectivity index (χ3v) is 5.14. The second-order valence-electron chi connectivity index (χ2n) is 7.74. The molecule has 0 saturated heterocycles. The van der Waals surface area contributed by atoms with E-state index in [1.165, 1.54) is 5.57 Å². The van der Waals surface area contributed by atoms with Gasteiger partial charge in [0.1, 0.15) is 5.67 Å². The summed E-state index contributed by atoms with van der Waals surface area (Å²) in [5, 5.41) is 0. The molecule has 0 spiro atoms. The minimum absolute atomic E-state index is 0.462. The molecule has 0 bridgehead atoms. The van der Waals surface area contributed by atoms with Crippen LogP contribution in [0.3, 0.4) is 0 Å². The van der Waals surface area contributed by atoms with E-state index < -0.39 is 5.67 Å². The Hall–Kier alpha value is -1.37. The van der Waals surface area contributed by atoms with Gasteiger partial charge in [-0.25, -0.2) is 4.39 Å². The van der Waals surface area contributed by atoms with Gasteiger partial charge in [-0.3, -0.25) is 0 Å². The van der Waals surface area contributed by atoms with Crippen LogP contribution in [-0.4, -0.2) is 5.67 Å². The molecule has 25 heavy (non-hydrogen) atoms. The lowest BCUT2D eigenvalue weighted by molar-refractivity contribution is 0.273.